The SMILES string of the molecule is CCOC(=O)c1cc2c3cc(Br)ccc3nn2cn1. The molecule has 96 valence electrons. The lowest BCUT2D eigenvalue weighted by Crippen LogP contribution is -2.07. The summed E-state index contributed by atoms with van der Waals surface area (Å²) in [5, 5.41) is 5.34. The zero-order chi connectivity index (χ0) is 13.4. The van der Waals surface area contributed by atoms with Crippen LogP contribution in [-0.2, 0) is 4.74 Å². The van der Waals surface area contributed by atoms with Crippen LogP contribution in [0.15, 0.2) is 35.1 Å². The Morgan fingerprint density at radius 3 is 3.05 bits per heavy atom. The largest absolute Gasteiger partial charge is 0.461 e. The van der Waals surface area contributed by atoms with E-state index in [1.807, 2.05) is 18.2 Å². The molecule has 0 saturated heterocycles. The number of hydrogen-bond acceptors (Lipinski definition) is 4. The molecule has 0 bridgehead atoms. The van der Waals surface area contributed by atoms with Crippen molar-refractivity contribution in [2.75, 3.05) is 6.61 Å². The van der Waals surface area contributed by atoms with E-state index in [2.05, 4.69) is 26.0 Å². The first-order valence-corrected chi connectivity index (χ1v) is 6.59. The van der Waals surface area contributed by atoms with E-state index < -0.39 is 5.97 Å². The van der Waals surface area contributed by atoms with E-state index in [1.165, 1.54) is 6.33 Å². The summed E-state index contributed by atoms with van der Waals surface area (Å²) in [5.41, 5.74) is 1.97. The van der Waals surface area contributed by atoms with Gasteiger partial charge in [0.1, 0.15) is 6.33 Å². The second-order valence-corrected chi connectivity index (χ2v) is 4.90. The molecule has 19 heavy (non-hydrogen) atoms. The van der Waals surface area contributed by atoms with Crippen LogP contribution < -0.4 is 0 Å². The Morgan fingerprint density at radius 1 is 1.42 bits per heavy atom. The van der Waals surface area contributed by atoms with Gasteiger partial charge in [0.05, 0.1) is 17.6 Å². The van der Waals surface area contributed by atoms with Gasteiger partial charge in [0.15, 0.2) is 5.69 Å². The lowest BCUT2D eigenvalue weighted by molar-refractivity contribution is 0.0519. The normalized spacial score (nSPS) is 11.1. The van der Waals surface area contributed by atoms with E-state index in [1.54, 1.807) is 17.5 Å². The molecule has 0 fully saturated rings. The van der Waals surface area contributed by atoms with Crippen molar-refractivity contribution in [3.63, 3.8) is 0 Å². The summed E-state index contributed by atoms with van der Waals surface area (Å²) < 4.78 is 7.56. The van der Waals surface area contributed by atoms with E-state index in [0.29, 0.717) is 6.61 Å². The standard InChI is InChI=1S/C13H10BrN3O2/c1-2-19-13(18)11-6-12-9-5-8(14)3-4-10(9)16-17(12)7-15-11/h3-7H,2H2,1H3. The number of halogens is 1. The number of rotatable bonds is 2. The average Bonchev–Trinajstić information content (AvgIpc) is 2.76. The fourth-order valence-corrected chi connectivity index (χ4v) is 2.29. The molecule has 0 aliphatic carbocycles. The molecule has 0 amide bonds. The van der Waals surface area contributed by atoms with Gasteiger partial charge in [-0.1, -0.05) is 15.9 Å². The summed E-state index contributed by atoms with van der Waals surface area (Å²) in [6.07, 6.45) is 1.52. The quantitative estimate of drug-likeness (QED) is 0.681. The minimum absolute atomic E-state index is 0.288. The first kappa shape index (κ1) is 12.1. The van der Waals surface area contributed by atoms with Gasteiger partial charge in [-0.2, -0.15) is 5.10 Å². The molecule has 0 spiro atoms. The maximum absolute atomic E-state index is 11.7. The zero-order valence-electron chi connectivity index (χ0n) is 10.1. The first-order chi connectivity index (χ1) is 9.19. The maximum Gasteiger partial charge on any atom is 0.357 e. The predicted molar refractivity (Wildman–Crippen MR) is 74.1 cm³/mol. The molecule has 3 rings (SSSR count). The number of nitrogens with zero attached hydrogens (tertiary/aromatic N) is 3. The third-order valence-electron chi connectivity index (χ3n) is 2.76. The summed E-state index contributed by atoms with van der Waals surface area (Å²) in [5.74, 6) is -0.422. The van der Waals surface area contributed by atoms with Gasteiger partial charge in [0.2, 0.25) is 0 Å². The van der Waals surface area contributed by atoms with Crippen LogP contribution in [0.5, 0.6) is 0 Å². The van der Waals surface area contributed by atoms with Crippen molar-refractivity contribution in [2.24, 2.45) is 0 Å². The molecule has 0 aliphatic heterocycles. The molecule has 0 radical (unpaired) electrons. The van der Waals surface area contributed by atoms with Crippen molar-refractivity contribution in [3.05, 3.63) is 40.8 Å². The van der Waals surface area contributed by atoms with E-state index >= 15 is 0 Å². The molecule has 0 N–H and O–H groups in total. The van der Waals surface area contributed by atoms with Crippen molar-refractivity contribution in [3.8, 4) is 0 Å². The van der Waals surface area contributed by atoms with E-state index in [-0.39, 0.29) is 5.69 Å². The Hall–Kier alpha value is -1.95. The second-order valence-electron chi connectivity index (χ2n) is 3.99. The molecule has 0 aliphatic rings. The van der Waals surface area contributed by atoms with Crippen LogP contribution >= 0.6 is 15.9 Å². The zero-order valence-corrected chi connectivity index (χ0v) is 11.7. The summed E-state index contributed by atoms with van der Waals surface area (Å²) in [4.78, 5) is 15.7. The number of esters is 1. The summed E-state index contributed by atoms with van der Waals surface area (Å²) in [7, 11) is 0. The summed E-state index contributed by atoms with van der Waals surface area (Å²) >= 11 is 3.43. The minimum atomic E-state index is -0.422. The molecule has 2 aromatic heterocycles. The number of ether oxygens (including phenoxy) is 1. The number of benzene rings is 1. The number of carbonyl (C=O) groups is 1. The van der Waals surface area contributed by atoms with Crippen LogP contribution in [0, 0.1) is 0 Å². The molecular formula is C13H10BrN3O2. The second kappa shape index (κ2) is 4.62. The highest BCUT2D eigenvalue weighted by Gasteiger charge is 2.12. The van der Waals surface area contributed by atoms with Crippen molar-refractivity contribution < 1.29 is 9.53 Å². The molecule has 6 heteroatoms. The minimum Gasteiger partial charge on any atom is -0.461 e. The monoisotopic (exact) mass is 319 g/mol. The van der Waals surface area contributed by atoms with Crippen LogP contribution in [0.25, 0.3) is 16.4 Å². The highest BCUT2D eigenvalue weighted by molar-refractivity contribution is 9.10. The molecule has 0 saturated carbocycles. The van der Waals surface area contributed by atoms with Crippen LogP contribution in [-0.4, -0.2) is 27.2 Å². The van der Waals surface area contributed by atoms with Gasteiger partial charge in [-0.3, -0.25) is 0 Å². The van der Waals surface area contributed by atoms with Crippen LogP contribution in [0.2, 0.25) is 0 Å². The molecule has 1 aromatic carbocycles. The van der Waals surface area contributed by atoms with E-state index in [0.717, 1.165) is 20.9 Å². The molecule has 5 nitrogen and oxygen atoms in total. The Labute approximate surface area is 117 Å². The molecule has 3 aromatic rings. The smallest absolute Gasteiger partial charge is 0.357 e. The third-order valence-corrected chi connectivity index (χ3v) is 3.25. The van der Waals surface area contributed by atoms with Crippen LogP contribution in [0.4, 0.5) is 0 Å². The maximum atomic E-state index is 11.7. The van der Waals surface area contributed by atoms with Gasteiger partial charge in [0.25, 0.3) is 0 Å². The molecule has 0 unspecified atom stereocenters. The number of carbonyl (C=O) groups excluding carboxylic acids is 1. The summed E-state index contributed by atoms with van der Waals surface area (Å²) in [6.45, 7) is 2.10. The van der Waals surface area contributed by atoms with Gasteiger partial charge < -0.3 is 4.74 Å². The average molecular weight is 320 g/mol. The van der Waals surface area contributed by atoms with Crippen molar-refractivity contribution in [1.29, 1.82) is 0 Å². The lowest BCUT2D eigenvalue weighted by Gasteiger charge is -2.01. The van der Waals surface area contributed by atoms with Crippen molar-refractivity contribution in [2.45, 2.75) is 6.92 Å². The predicted octanol–water partition coefficient (Wildman–Crippen LogP) is 2.82. The third kappa shape index (κ3) is 2.08. The fraction of sp³-hybridized carbons (Fsp3) is 0.154. The highest BCUT2D eigenvalue weighted by atomic mass is 79.9. The topological polar surface area (TPSA) is 56.5 Å². The Kier molecular flexibility index (Phi) is 2.94. The van der Waals surface area contributed by atoms with E-state index in [4.69, 9.17) is 4.74 Å². The van der Waals surface area contributed by atoms with Gasteiger partial charge >= 0.3 is 5.97 Å². The fourth-order valence-electron chi connectivity index (χ4n) is 1.93. The molecule has 2 heterocycles. The number of aromatic nitrogens is 3. The van der Waals surface area contributed by atoms with Crippen LogP contribution in [0.1, 0.15) is 17.4 Å². The van der Waals surface area contributed by atoms with Crippen LogP contribution in [0.3, 0.4) is 0 Å². The van der Waals surface area contributed by atoms with Gasteiger partial charge in [-0.05, 0) is 31.2 Å². The summed E-state index contributed by atoms with van der Waals surface area (Å²) in [6, 6.07) is 7.50. The van der Waals surface area contributed by atoms with Crippen molar-refractivity contribution >= 4 is 38.3 Å². The van der Waals surface area contributed by atoms with E-state index in [9.17, 15) is 4.79 Å². The van der Waals surface area contributed by atoms with Gasteiger partial charge in [-0.15, -0.1) is 0 Å². The Balaban J connectivity index is 2.23. The first-order valence-electron chi connectivity index (χ1n) is 5.80. The number of hydrogen-bond donors (Lipinski definition) is 0. The molecular weight excluding hydrogens is 310 g/mol. The van der Waals surface area contributed by atoms with Crippen molar-refractivity contribution in [1.82, 2.24) is 14.6 Å². The molecule has 0 atom stereocenters. The van der Waals surface area contributed by atoms with Gasteiger partial charge in [-0.25, -0.2) is 14.3 Å². The Bertz CT molecular complexity index is 782. The highest BCUT2D eigenvalue weighted by Crippen LogP contribution is 2.23. The number of fused-ring (bicyclic) bond motifs is 3. The Morgan fingerprint density at radius 2 is 2.26 bits per heavy atom. The lowest BCUT2D eigenvalue weighted by atomic mass is 10.2. The van der Waals surface area contributed by atoms with Gasteiger partial charge in [0, 0.05) is 9.86 Å².